The van der Waals surface area contributed by atoms with E-state index in [-0.39, 0.29) is 16.0 Å². The molecule has 0 aromatic carbocycles. The molecule has 0 saturated carbocycles. The van der Waals surface area contributed by atoms with Crippen LogP contribution in [0.2, 0.25) is 0 Å². The molecule has 0 aliphatic carbocycles. The van der Waals surface area contributed by atoms with Crippen LogP contribution in [0.25, 0.3) is 0 Å². The van der Waals surface area contributed by atoms with Crippen LogP contribution in [0.4, 0.5) is 14.6 Å². The lowest BCUT2D eigenvalue weighted by Gasteiger charge is -2.13. The van der Waals surface area contributed by atoms with Crippen LogP contribution < -0.4 is 5.32 Å². The van der Waals surface area contributed by atoms with E-state index in [9.17, 15) is 13.6 Å². The van der Waals surface area contributed by atoms with E-state index in [1.807, 2.05) is 0 Å². The first-order valence-corrected chi connectivity index (χ1v) is 6.87. The average molecular weight is 363 g/mol. The highest BCUT2D eigenvalue weighted by Gasteiger charge is 2.25. The van der Waals surface area contributed by atoms with Crippen LogP contribution in [0.15, 0.2) is 15.1 Å². The lowest BCUT2D eigenvalue weighted by atomic mass is 10.3. The number of amides is 1. The van der Waals surface area contributed by atoms with E-state index in [0.717, 1.165) is 0 Å². The minimum atomic E-state index is -2.72. The van der Waals surface area contributed by atoms with Crippen molar-refractivity contribution in [2.24, 2.45) is 0 Å². The molecule has 2 aromatic heterocycles. The van der Waals surface area contributed by atoms with E-state index in [0.29, 0.717) is 11.5 Å². The molecule has 0 radical (unpaired) electrons. The second-order valence-electron chi connectivity index (χ2n) is 4.52. The number of hydrogen-bond acceptors (Lipinski definition) is 4. The van der Waals surface area contributed by atoms with Gasteiger partial charge in [0.1, 0.15) is 17.5 Å². The quantitative estimate of drug-likeness (QED) is 0.904. The maximum atomic E-state index is 12.8. The van der Waals surface area contributed by atoms with Crippen LogP contribution in [-0.4, -0.2) is 20.8 Å². The molecule has 114 valence electrons. The van der Waals surface area contributed by atoms with Crippen molar-refractivity contribution in [3.63, 3.8) is 0 Å². The van der Waals surface area contributed by atoms with E-state index in [1.165, 1.54) is 4.68 Å². The molecule has 2 aromatic rings. The van der Waals surface area contributed by atoms with E-state index in [2.05, 4.69) is 31.5 Å². The summed E-state index contributed by atoms with van der Waals surface area (Å²) in [7, 11) is 0. The molecule has 0 fully saturated rings. The van der Waals surface area contributed by atoms with Crippen molar-refractivity contribution in [1.29, 1.82) is 0 Å². The largest absolute Gasteiger partial charge is 0.360 e. The number of aromatic nitrogens is 3. The van der Waals surface area contributed by atoms with E-state index < -0.39 is 18.4 Å². The summed E-state index contributed by atoms with van der Waals surface area (Å²) in [5.41, 5.74) is 0.0636. The number of alkyl halides is 2. The molecule has 1 amide bonds. The van der Waals surface area contributed by atoms with Gasteiger partial charge >= 0.3 is 0 Å². The summed E-state index contributed by atoms with van der Waals surface area (Å²) in [6, 6.07) is 0.784. The molecule has 0 spiro atoms. The van der Waals surface area contributed by atoms with Gasteiger partial charge in [0.05, 0.1) is 10.2 Å². The monoisotopic (exact) mass is 362 g/mol. The van der Waals surface area contributed by atoms with Gasteiger partial charge in [-0.15, -0.1) is 0 Å². The van der Waals surface area contributed by atoms with Crippen molar-refractivity contribution in [2.75, 3.05) is 5.32 Å². The van der Waals surface area contributed by atoms with Gasteiger partial charge in [-0.2, -0.15) is 5.10 Å². The molecule has 1 atom stereocenters. The molecule has 21 heavy (non-hydrogen) atoms. The molecular formula is C12H13BrF2N4O2. The van der Waals surface area contributed by atoms with Gasteiger partial charge in [-0.3, -0.25) is 9.48 Å². The van der Waals surface area contributed by atoms with Gasteiger partial charge in [0.15, 0.2) is 5.82 Å². The Morgan fingerprint density at radius 1 is 1.48 bits per heavy atom. The maximum absolute atomic E-state index is 12.8. The lowest BCUT2D eigenvalue weighted by Crippen LogP contribution is -2.25. The van der Waals surface area contributed by atoms with Crippen LogP contribution >= 0.6 is 15.9 Å². The number of carbonyl (C=O) groups excluding carboxylic acids is 1. The molecule has 0 aliphatic heterocycles. The minimum absolute atomic E-state index is 0.203. The van der Waals surface area contributed by atoms with E-state index in [4.69, 9.17) is 4.52 Å². The van der Waals surface area contributed by atoms with Crippen LogP contribution in [0.3, 0.4) is 0 Å². The molecule has 0 unspecified atom stereocenters. The Bertz CT molecular complexity index is 668. The number of nitrogens with one attached hydrogen (secondary N) is 1. The zero-order valence-electron chi connectivity index (χ0n) is 11.5. The molecular weight excluding hydrogens is 350 g/mol. The molecule has 9 heteroatoms. The number of anilines is 1. The Morgan fingerprint density at radius 3 is 2.62 bits per heavy atom. The first kappa shape index (κ1) is 15.6. The van der Waals surface area contributed by atoms with Crippen molar-refractivity contribution in [2.45, 2.75) is 33.2 Å². The first-order valence-electron chi connectivity index (χ1n) is 6.08. The standard InChI is InChI=1S/C12H13BrF2N4O2/c1-5-4-8(18-21-5)16-12(20)7(3)19-6(2)9(13)10(17-19)11(14)15/h4,7,11H,1-3H3,(H,16,18,20)/t7-/m1/s1. The number of nitrogens with zero attached hydrogens (tertiary/aromatic N) is 3. The van der Waals surface area contributed by atoms with Crippen LogP contribution in [0.5, 0.6) is 0 Å². The molecule has 2 rings (SSSR count). The Labute approximate surface area is 127 Å². The molecule has 6 nitrogen and oxygen atoms in total. The SMILES string of the molecule is Cc1cc(NC(=O)[C@@H](C)n2nc(C(F)F)c(Br)c2C)no1. The van der Waals surface area contributed by atoms with Gasteiger partial charge in [-0.05, 0) is 36.7 Å². The second kappa shape index (κ2) is 5.92. The Hall–Kier alpha value is -1.77. The number of halogens is 3. The summed E-state index contributed by atoms with van der Waals surface area (Å²) < 4.78 is 31.9. The van der Waals surface area contributed by atoms with Gasteiger partial charge in [-0.25, -0.2) is 8.78 Å². The Kier molecular flexibility index (Phi) is 4.40. The molecule has 2 heterocycles. The van der Waals surface area contributed by atoms with Gasteiger partial charge in [0.2, 0.25) is 5.91 Å². The average Bonchev–Trinajstić information content (AvgIpc) is 2.94. The van der Waals surface area contributed by atoms with Gasteiger partial charge in [0, 0.05) is 6.07 Å². The predicted molar refractivity (Wildman–Crippen MR) is 74.2 cm³/mol. The van der Waals surface area contributed by atoms with Crippen molar-refractivity contribution in [1.82, 2.24) is 14.9 Å². The third-order valence-corrected chi connectivity index (χ3v) is 3.91. The van der Waals surface area contributed by atoms with Gasteiger partial charge in [0.25, 0.3) is 6.43 Å². The smallest absolute Gasteiger partial charge is 0.283 e. The lowest BCUT2D eigenvalue weighted by molar-refractivity contribution is -0.119. The Morgan fingerprint density at radius 2 is 2.14 bits per heavy atom. The molecule has 0 bridgehead atoms. The molecule has 0 aliphatic rings. The minimum Gasteiger partial charge on any atom is -0.360 e. The van der Waals surface area contributed by atoms with Crippen molar-refractivity contribution in [3.8, 4) is 0 Å². The fraction of sp³-hybridized carbons (Fsp3) is 0.417. The highest BCUT2D eigenvalue weighted by atomic mass is 79.9. The maximum Gasteiger partial charge on any atom is 0.283 e. The zero-order valence-corrected chi connectivity index (χ0v) is 13.1. The molecule has 1 N–H and O–H groups in total. The van der Waals surface area contributed by atoms with Crippen LogP contribution in [-0.2, 0) is 4.79 Å². The highest BCUT2D eigenvalue weighted by molar-refractivity contribution is 9.10. The number of aryl methyl sites for hydroxylation is 1. The van der Waals surface area contributed by atoms with Crippen molar-refractivity contribution >= 4 is 27.7 Å². The Balaban J connectivity index is 2.21. The summed E-state index contributed by atoms with van der Waals surface area (Å²) in [5.74, 6) is 0.389. The van der Waals surface area contributed by atoms with Crippen LogP contribution in [0.1, 0.15) is 36.5 Å². The summed E-state index contributed by atoms with van der Waals surface area (Å²) in [6.07, 6.45) is -2.72. The van der Waals surface area contributed by atoms with E-state index >= 15 is 0 Å². The fourth-order valence-corrected chi connectivity index (χ4v) is 2.24. The second-order valence-corrected chi connectivity index (χ2v) is 5.31. The number of hydrogen-bond donors (Lipinski definition) is 1. The zero-order chi connectivity index (χ0) is 15.7. The number of carbonyl (C=O) groups is 1. The normalized spacial score (nSPS) is 12.7. The summed E-state index contributed by atoms with van der Waals surface area (Å²) in [6.45, 7) is 4.85. The summed E-state index contributed by atoms with van der Waals surface area (Å²) in [5, 5.41) is 9.97. The van der Waals surface area contributed by atoms with Gasteiger partial charge < -0.3 is 9.84 Å². The van der Waals surface area contributed by atoms with Crippen LogP contribution in [0, 0.1) is 13.8 Å². The van der Waals surface area contributed by atoms with Crippen molar-refractivity contribution in [3.05, 3.63) is 27.7 Å². The highest BCUT2D eigenvalue weighted by Crippen LogP contribution is 2.30. The molecule has 0 saturated heterocycles. The van der Waals surface area contributed by atoms with E-state index in [1.54, 1.807) is 26.8 Å². The summed E-state index contributed by atoms with van der Waals surface area (Å²) in [4.78, 5) is 12.1. The topological polar surface area (TPSA) is 73.0 Å². The fourth-order valence-electron chi connectivity index (χ4n) is 1.80. The third-order valence-electron chi connectivity index (χ3n) is 2.93. The number of rotatable bonds is 4. The summed E-state index contributed by atoms with van der Waals surface area (Å²) >= 11 is 3.07. The van der Waals surface area contributed by atoms with Crippen molar-refractivity contribution < 1.29 is 18.1 Å². The first-order chi connectivity index (χ1) is 9.81. The third kappa shape index (κ3) is 3.12. The predicted octanol–water partition coefficient (Wildman–Crippen LogP) is 3.39. The van der Waals surface area contributed by atoms with Gasteiger partial charge in [-0.1, -0.05) is 5.16 Å².